The first-order valence-corrected chi connectivity index (χ1v) is 14.1. The smallest absolute Gasteiger partial charge is 0.291 e. The fourth-order valence-electron chi connectivity index (χ4n) is 6.36. The average Bonchev–Trinajstić information content (AvgIpc) is 3.80. The van der Waals surface area contributed by atoms with Crippen molar-refractivity contribution in [2.45, 2.75) is 82.6 Å². The minimum absolute atomic E-state index is 0.0348. The monoisotopic (exact) mass is 493 g/mol. The number of allylic oxidation sites excluding steroid dienone is 2. The maximum Gasteiger partial charge on any atom is 0.291 e. The lowest BCUT2D eigenvalue weighted by molar-refractivity contribution is -0.487. The van der Waals surface area contributed by atoms with E-state index in [2.05, 4.69) is 65.3 Å². The van der Waals surface area contributed by atoms with Gasteiger partial charge in [0, 0.05) is 43.2 Å². The molecule has 7 rings (SSSR count). The molecule has 1 amide bonds. The van der Waals surface area contributed by atoms with Gasteiger partial charge < -0.3 is 10.2 Å². The van der Waals surface area contributed by atoms with Crippen LogP contribution >= 0.6 is 0 Å². The first kappa shape index (κ1) is 22.9. The van der Waals surface area contributed by atoms with Gasteiger partial charge in [-0.25, -0.2) is 0 Å². The van der Waals surface area contributed by atoms with Crippen molar-refractivity contribution >= 4 is 11.6 Å². The molecule has 5 aliphatic rings. The van der Waals surface area contributed by atoms with Gasteiger partial charge in [0.25, 0.3) is 11.9 Å². The summed E-state index contributed by atoms with van der Waals surface area (Å²) < 4.78 is 2.16. The van der Waals surface area contributed by atoms with Crippen LogP contribution < -0.4 is 5.32 Å². The molecule has 4 heterocycles. The van der Waals surface area contributed by atoms with Crippen molar-refractivity contribution in [2.24, 2.45) is 5.11 Å². The molecule has 1 radical (unpaired) electrons. The number of amides is 1. The number of benzene rings is 1. The number of rotatable bonds is 8. The minimum Gasteiger partial charge on any atom is -0.361 e. The highest BCUT2D eigenvalue weighted by Crippen LogP contribution is 2.54. The Labute approximate surface area is 219 Å². The molecule has 189 valence electrons. The van der Waals surface area contributed by atoms with Gasteiger partial charge in [-0.05, 0) is 67.3 Å². The van der Waals surface area contributed by atoms with E-state index in [9.17, 15) is 4.79 Å². The molecule has 0 bridgehead atoms. The van der Waals surface area contributed by atoms with Crippen molar-refractivity contribution in [3.05, 3.63) is 88.6 Å². The van der Waals surface area contributed by atoms with E-state index in [1.54, 1.807) is 6.20 Å². The van der Waals surface area contributed by atoms with Gasteiger partial charge in [-0.3, -0.25) is 9.78 Å². The number of nitrogens with zero attached hydrogens (tertiary/aromatic N) is 4. The molecule has 1 aromatic carbocycles. The van der Waals surface area contributed by atoms with Crippen LogP contribution in [0.3, 0.4) is 0 Å². The average molecular weight is 494 g/mol. The lowest BCUT2D eigenvalue weighted by atomic mass is 9.86. The van der Waals surface area contributed by atoms with Crippen LogP contribution in [0.5, 0.6) is 0 Å². The summed E-state index contributed by atoms with van der Waals surface area (Å²) in [6.45, 7) is 5.09. The van der Waals surface area contributed by atoms with E-state index in [1.807, 2.05) is 6.07 Å². The number of aromatic nitrogens is 1. The summed E-state index contributed by atoms with van der Waals surface area (Å²) in [5.41, 5.74) is 8.11. The van der Waals surface area contributed by atoms with Crippen molar-refractivity contribution in [3.63, 3.8) is 0 Å². The number of carbonyl (C=O) groups is 1. The topological polar surface area (TPSA) is 70.5 Å². The van der Waals surface area contributed by atoms with Crippen LogP contribution in [0.1, 0.15) is 92.7 Å². The van der Waals surface area contributed by atoms with E-state index in [1.165, 1.54) is 35.7 Å². The van der Waals surface area contributed by atoms with Crippen molar-refractivity contribution < 1.29 is 9.49 Å². The number of pyridine rings is 1. The zero-order chi connectivity index (χ0) is 25.1. The highest BCUT2D eigenvalue weighted by molar-refractivity contribution is 5.94. The third-order valence-corrected chi connectivity index (χ3v) is 8.77. The number of likely N-dealkylation sites (tertiary alicyclic amines) is 1. The molecule has 0 spiro atoms. The summed E-state index contributed by atoms with van der Waals surface area (Å²) in [6.07, 6.45) is 12.4. The number of fused-ring (bicyclic) bond motifs is 1. The Morgan fingerprint density at radius 1 is 1.14 bits per heavy atom. The third kappa shape index (κ3) is 3.84. The lowest BCUT2D eigenvalue weighted by Crippen LogP contribution is -2.47. The van der Waals surface area contributed by atoms with Gasteiger partial charge >= 0.3 is 0 Å². The fourth-order valence-corrected chi connectivity index (χ4v) is 6.36. The van der Waals surface area contributed by atoms with Gasteiger partial charge in [-0.1, -0.05) is 37.1 Å². The van der Waals surface area contributed by atoms with Crippen molar-refractivity contribution in [3.8, 4) is 0 Å². The van der Waals surface area contributed by atoms with Crippen molar-refractivity contribution in [1.29, 1.82) is 0 Å². The van der Waals surface area contributed by atoms with Crippen molar-refractivity contribution in [2.75, 3.05) is 6.54 Å². The van der Waals surface area contributed by atoms with Crippen LogP contribution in [0.4, 0.5) is 5.69 Å². The third-order valence-electron chi connectivity index (χ3n) is 8.77. The largest absolute Gasteiger partial charge is 0.361 e. The number of piperidine rings is 1. The molecular weight excluding hydrogens is 458 g/mol. The van der Waals surface area contributed by atoms with Crippen molar-refractivity contribution in [1.82, 2.24) is 15.2 Å². The standard InChI is InChI=1S/C31H35N5O/c1-3-5-24-29-25(4-2)35(30(37)22-10-13-27(32-18-22)31(15-16-31)28-19-33-28)17-14-26(29)36(34-24)23-11-8-21(9-12-23)20-6-7-20/h8-13,18-20,25,33H,3-7,14-17H2,1-2H3/q+1. The van der Waals surface area contributed by atoms with Crippen LogP contribution in [0, 0.1) is 6.04 Å². The number of hydrogen-bond donors (Lipinski definition) is 1. The van der Waals surface area contributed by atoms with Crippen LogP contribution in [0.2, 0.25) is 0 Å². The highest BCUT2D eigenvalue weighted by Gasteiger charge is 2.52. The molecule has 3 fully saturated rings. The molecule has 1 aromatic heterocycles. The molecule has 2 aromatic rings. The zero-order valence-corrected chi connectivity index (χ0v) is 21.8. The van der Waals surface area contributed by atoms with Crippen LogP contribution in [-0.2, 0) is 5.41 Å². The summed E-state index contributed by atoms with van der Waals surface area (Å²) >= 11 is 0. The number of azo groups is 2. The summed E-state index contributed by atoms with van der Waals surface area (Å²) in [4.78, 5) is 20.6. The quantitative estimate of drug-likeness (QED) is 0.429. The van der Waals surface area contributed by atoms with E-state index < -0.39 is 0 Å². The number of hydrogen-bond acceptors (Lipinski definition) is 4. The zero-order valence-electron chi connectivity index (χ0n) is 21.8. The molecule has 6 nitrogen and oxygen atoms in total. The summed E-state index contributed by atoms with van der Waals surface area (Å²) in [6, 6.07) is 14.3. The Morgan fingerprint density at radius 2 is 1.92 bits per heavy atom. The predicted octanol–water partition coefficient (Wildman–Crippen LogP) is 6.46. The molecule has 3 aliphatic heterocycles. The van der Waals surface area contributed by atoms with Gasteiger partial charge in [-0.2, -0.15) is 0 Å². The Balaban J connectivity index is 1.14. The van der Waals surface area contributed by atoms with Crippen LogP contribution in [-0.4, -0.2) is 33.1 Å². The van der Waals surface area contributed by atoms with Crippen LogP contribution in [0.25, 0.3) is 0 Å². The van der Waals surface area contributed by atoms with Gasteiger partial charge in [0.1, 0.15) is 5.70 Å². The van der Waals surface area contributed by atoms with Crippen LogP contribution in [0.15, 0.2) is 70.9 Å². The van der Waals surface area contributed by atoms with E-state index in [4.69, 9.17) is 10.1 Å². The molecule has 2 saturated carbocycles. The minimum atomic E-state index is 0.0348. The highest BCUT2D eigenvalue weighted by atomic mass is 16.2. The second-order valence-electron chi connectivity index (χ2n) is 11.2. The predicted molar refractivity (Wildman–Crippen MR) is 142 cm³/mol. The Hall–Kier alpha value is -3.28. The summed E-state index contributed by atoms with van der Waals surface area (Å²) in [5, 5.41) is 8.39. The summed E-state index contributed by atoms with van der Waals surface area (Å²) in [5.74, 6) is 0.829. The van der Waals surface area contributed by atoms with E-state index in [0.29, 0.717) is 12.1 Å². The summed E-state index contributed by atoms with van der Waals surface area (Å²) in [7, 11) is 0. The van der Waals surface area contributed by atoms with Gasteiger partial charge in [0.15, 0.2) is 0 Å². The molecule has 37 heavy (non-hydrogen) atoms. The fraction of sp³-hybridized carbons (Fsp3) is 0.452. The normalized spacial score (nSPS) is 23.8. The molecular formula is C31H35N5O+. The molecule has 1 unspecified atom stereocenters. The first-order chi connectivity index (χ1) is 18.1. The van der Waals surface area contributed by atoms with E-state index in [-0.39, 0.29) is 17.4 Å². The second kappa shape index (κ2) is 8.64. The lowest BCUT2D eigenvalue weighted by Gasteiger charge is -2.37. The Kier molecular flexibility index (Phi) is 5.34. The van der Waals surface area contributed by atoms with Gasteiger partial charge in [0.2, 0.25) is 5.69 Å². The number of nitrogens with one attached hydrogen (secondary N) is 1. The van der Waals surface area contributed by atoms with E-state index in [0.717, 1.165) is 61.5 Å². The Bertz CT molecular complexity index is 1330. The molecule has 6 heteroatoms. The van der Waals surface area contributed by atoms with Gasteiger partial charge in [0.05, 0.1) is 28.3 Å². The maximum absolute atomic E-state index is 13.8. The molecule has 2 aliphatic carbocycles. The first-order valence-electron chi connectivity index (χ1n) is 14.1. The molecule has 1 N–H and O–H groups in total. The molecule has 1 atom stereocenters. The SMILES string of the molecule is CCCC1=C2[C](CCN(C(=O)c3ccc(C4(C5=CN5)CC4)nc3)C2CC)[N+](c2ccc(C3CC3)cc2)=N1. The maximum atomic E-state index is 13.8. The molecule has 1 saturated heterocycles. The Morgan fingerprint density at radius 3 is 2.51 bits per heavy atom. The van der Waals surface area contributed by atoms with E-state index >= 15 is 0 Å². The second-order valence-corrected chi connectivity index (χ2v) is 11.2. The number of carbonyl (C=O) groups excluding carboxylic acids is 1. The van der Waals surface area contributed by atoms with Gasteiger partial charge in [-0.15, -0.1) is 0 Å².